The van der Waals surface area contributed by atoms with Gasteiger partial charge in [0.15, 0.2) is 0 Å². The van der Waals surface area contributed by atoms with E-state index in [0.29, 0.717) is 34.5 Å². The Morgan fingerprint density at radius 2 is 0.354 bits per heavy atom. The third-order valence-corrected chi connectivity index (χ3v) is 16.5. The lowest BCUT2D eigenvalue weighted by atomic mass is 9.73. The Morgan fingerprint density at radius 1 is 0.232 bits per heavy atom. The van der Waals surface area contributed by atoms with Gasteiger partial charge in [0, 0.05) is 16.2 Å². The van der Waals surface area contributed by atoms with Gasteiger partial charge in [0.1, 0.15) is 34.5 Å². The average Bonchev–Trinajstić information content (AvgIpc) is 3.30. The fraction of sp³-hybridized carbons (Fsp3) is 0.478. The summed E-state index contributed by atoms with van der Waals surface area (Å²) in [6, 6.07) is 35.4. The van der Waals surface area contributed by atoms with Crippen LogP contribution in [0.1, 0.15) is 233 Å². The van der Waals surface area contributed by atoms with E-state index in [-0.39, 0.29) is 48.7 Å². The SMILES string of the molecule is CC(C)(C)c1cc(C(C)(C)c2ccc(O)c(C(C)(C)C)c2)ccc1O.CC(C)(C)c1cc(C(C)(C)c2ccc(O)c(C(C)(C)C)c2)ccc1O.CC(C)(C)c1cc(C(C)(C)c2ccc(O)c(C(C)(C)C)c2)ccc1O.OP(O)OP(O)O. The van der Waals surface area contributed by atoms with Crippen LogP contribution in [0.5, 0.6) is 34.5 Å². The first kappa shape index (κ1) is 71.0. The van der Waals surface area contributed by atoms with Crippen LogP contribution in [0.25, 0.3) is 0 Å². The zero-order valence-electron chi connectivity index (χ0n) is 53.7. The standard InChI is InChI=1S/3C23H32O2.H4O5P2/c3*1-21(2,3)17-13-15(9-11-19(17)24)23(7,8)16-10-12-20(25)18(14-16)22(4,5)6;1-6(2)5-7(3)4/h3*9-14,24-25H,1-8H3;1-4H. The van der Waals surface area contributed by atoms with E-state index >= 15 is 0 Å². The van der Waals surface area contributed by atoms with Gasteiger partial charge in [0.25, 0.3) is 0 Å². The molecule has 6 aromatic rings. The van der Waals surface area contributed by atoms with Crippen LogP contribution >= 0.6 is 17.2 Å². The molecule has 452 valence electrons. The van der Waals surface area contributed by atoms with E-state index in [0.717, 1.165) is 66.8 Å². The molecule has 0 aliphatic heterocycles. The minimum absolute atomic E-state index is 0.123. The first-order valence-electron chi connectivity index (χ1n) is 27.9. The van der Waals surface area contributed by atoms with Gasteiger partial charge < -0.3 is 50.2 Å². The molecular formula is C69H100O11P2. The van der Waals surface area contributed by atoms with E-state index in [4.69, 9.17) is 19.6 Å². The van der Waals surface area contributed by atoms with E-state index < -0.39 is 17.2 Å². The zero-order valence-corrected chi connectivity index (χ0v) is 55.5. The quantitative estimate of drug-likeness (QED) is 0.0648. The lowest BCUT2D eigenvalue weighted by Crippen LogP contribution is -2.22. The van der Waals surface area contributed by atoms with Gasteiger partial charge in [-0.3, -0.25) is 0 Å². The summed E-state index contributed by atoms with van der Waals surface area (Å²) in [5.74, 6) is 2.05. The molecular weight excluding hydrogens is 1070 g/mol. The van der Waals surface area contributed by atoms with Crippen molar-refractivity contribution in [3.8, 4) is 34.5 Å². The van der Waals surface area contributed by atoms with Crippen molar-refractivity contribution in [1.82, 2.24) is 0 Å². The summed E-state index contributed by atoms with van der Waals surface area (Å²) in [6.07, 6.45) is 0. The Kier molecular flexibility index (Phi) is 22.5. The van der Waals surface area contributed by atoms with Gasteiger partial charge in [0.2, 0.25) is 0 Å². The number of aromatic hydroxyl groups is 6. The van der Waals surface area contributed by atoms with Gasteiger partial charge in [-0.2, -0.15) is 0 Å². The van der Waals surface area contributed by atoms with Crippen molar-refractivity contribution in [1.29, 1.82) is 0 Å². The highest BCUT2D eigenvalue weighted by Crippen LogP contribution is 2.45. The third kappa shape index (κ3) is 18.4. The van der Waals surface area contributed by atoms with Crippen LogP contribution in [0, 0.1) is 0 Å². The topological polar surface area (TPSA) is 212 Å². The van der Waals surface area contributed by atoms with Gasteiger partial charge >= 0.3 is 17.2 Å². The van der Waals surface area contributed by atoms with Crippen LogP contribution in [0.3, 0.4) is 0 Å². The zero-order chi connectivity index (χ0) is 63.5. The summed E-state index contributed by atoms with van der Waals surface area (Å²) >= 11 is 0. The molecule has 82 heavy (non-hydrogen) atoms. The Labute approximate surface area is 494 Å². The Balaban J connectivity index is 0.000000304. The van der Waals surface area contributed by atoms with Crippen molar-refractivity contribution in [2.45, 2.75) is 215 Å². The summed E-state index contributed by atoms with van der Waals surface area (Å²) in [4.78, 5) is 31.3. The average molecular weight is 1170 g/mol. The second-order valence-electron chi connectivity index (χ2n) is 29.4. The number of hydrogen-bond acceptors (Lipinski definition) is 11. The Morgan fingerprint density at radius 3 is 0.439 bits per heavy atom. The van der Waals surface area contributed by atoms with Crippen LogP contribution in [0.15, 0.2) is 109 Å². The number of benzene rings is 6. The summed E-state index contributed by atoms with van der Waals surface area (Å²) < 4.78 is 3.60. The fourth-order valence-corrected chi connectivity index (χ4v) is 10.2. The molecule has 0 atom stereocenters. The van der Waals surface area contributed by atoms with E-state index in [9.17, 15) is 30.6 Å². The van der Waals surface area contributed by atoms with Gasteiger partial charge in [-0.15, -0.1) is 0 Å². The molecule has 6 rings (SSSR count). The largest absolute Gasteiger partial charge is 0.508 e. The highest BCUT2D eigenvalue weighted by atomic mass is 31.2. The predicted octanol–water partition coefficient (Wildman–Crippen LogP) is 17.5. The number of rotatable bonds is 8. The lowest BCUT2D eigenvalue weighted by Gasteiger charge is -2.31. The van der Waals surface area contributed by atoms with E-state index in [1.165, 1.54) is 0 Å². The van der Waals surface area contributed by atoms with Crippen molar-refractivity contribution < 1.29 is 54.5 Å². The molecule has 0 radical (unpaired) electrons. The molecule has 0 spiro atoms. The van der Waals surface area contributed by atoms with Crippen molar-refractivity contribution in [2.24, 2.45) is 0 Å². The van der Waals surface area contributed by atoms with Crippen LogP contribution in [0.2, 0.25) is 0 Å². The van der Waals surface area contributed by atoms with Crippen molar-refractivity contribution in [2.75, 3.05) is 0 Å². The predicted molar refractivity (Wildman–Crippen MR) is 341 cm³/mol. The minimum Gasteiger partial charge on any atom is -0.508 e. The van der Waals surface area contributed by atoms with Crippen molar-refractivity contribution in [3.05, 3.63) is 176 Å². The van der Waals surface area contributed by atoms with E-state index in [2.05, 4.69) is 207 Å². The number of hydrogen-bond donors (Lipinski definition) is 10. The highest BCUT2D eigenvalue weighted by molar-refractivity contribution is 7.53. The molecule has 0 aliphatic rings. The summed E-state index contributed by atoms with van der Waals surface area (Å²) in [5, 5.41) is 61.6. The molecule has 13 heteroatoms. The molecule has 6 aromatic carbocycles. The molecule has 0 saturated heterocycles. The van der Waals surface area contributed by atoms with Crippen LogP contribution in [0.4, 0.5) is 0 Å². The van der Waals surface area contributed by atoms with E-state index in [1.54, 1.807) is 36.4 Å². The summed E-state index contributed by atoms with van der Waals surface area (Å²) in [5.41, 5.74) is 11.2. The summed E-state index contributed by atoms with van der Waals surface area (Å²) in [6.45, 7) is 51.1. The third-order valence-electron chi connectivity index (χ3n) is 15.3. The minimum atomic E-state index is -2.61. The van der Waals surface area contributed by atoms with Gasteiger partial charge in [-0.05, 0) is 136 Å². The smallest absolute Gasteiger partial charge is 0.334 e. The van der Waals surface area contributed by atoms with E-state index in [1.807, 2.05) is 36.4 Å². The maximum atomic E-state index is 10.3. The van der Waals surface area contributed by atoms with Crippen molar-refractivity contribution >= 4 is 17.2 Å². The molecule has 0 aliphatic carbocycles. The maximum Gasteiger partial charge on any atom is 0.334 e. The molecule has 0 fully saturated rings. The van der Waals surface area contributed by atoms with Gasteiger partial charge in [0.05, 0.1) is 0 Å². The first-order valence-corrected chi connectivity index (χ1v) is 30.3. The molecule has 11 nitrogen and oxygen atoms in total. The highest BCUT2D eigenvalue weighted by Gasteiger charge is 2.33. The van der Waals surface area contributed by atoms with Crippen LogP contribution in [-0.4, -0.2) is 50.2 Å². The normalized spacial score (nSPS) is 13.0. The summed E-state index contributed by atoms with van der Waals surface area (Å²) in [7, 11) is -5.22. The monoisotopic (exact) mass is 1170 g/mol. The van der Waals surface area contributed by atoms with Crippen molar-refractivity contribution in [3.63, 3.8) is 0 Å². The molecule has 0 aromatic heterocycles. The molecule has 0 saturated carbocycles. The molecule has 0 unspecified atom stereocenters. The molecule has 0 amide bonds. The van der Waals surface area contributed by atoms with Gasteiger partial charge in [-0.25, -0.2) is 4.31 Å². The maximum absolute atomic E-state index is 10.3. The first-order chi connectivity index (χ1) is 36.9. The Hall–Kier alpha value is -5.22. The lowest BCUT2D eigenvalue weighted by molar-refractivity contribution is 0.324. The second-order valence-corrected chi connectivity index (χ2v) is 31.0. The van der Waals surface area contributed by atoms with Crippen LogP contribution in [-0.2, 0) is 53.0 Å². The second kappa shape index (κ2) is 26.0. The molecule has 0 heterocycles. The number of phenols is 6. The molecule has 10 N–H and O–H groups in total. The van der Waals surface area contributed by atoms with Crippen LogP contribution < -0.4 is 0 Å². The fourth-order valence-electron chi connectivity index (χ4n) is 9.72. The van der Waals surface area contributed by atoms with Gasteiger partial charge in [-0.1, -0.05) is 239 Å². The Bertz CT molecular complexity index is 2590. The number of phenolic OH excluding ortho intramolecular Hbond substituents is 6. The molecule has 0 bridgehead atoms.